The first-order valence-electron chi connectivity index (χ1n) is 5.51. The van der Waals surface area contributed by atoms with Crippen LogP contribution in [-0.4, -0.2) is 15.7 Å². The van der Waals surface area contributed by atoms with Gasteiger partial charge in [-0.3, -0.25) is 0 Å². The molecule has 3 aliphatic rings. The van der Waals surface area contributed by atoms with Crippen molar-refractivity contribution in [1.29, 1.82) is 0 Å². The molecule has 0 unspecified atom stereocenters. The molecule has 3 saturated carbocycles. The second-order valence-corrected chi connectivity index (χ2v) is 4.36. The number of rotatable bonds is 2. The summed E-state index contributed by atoms with van der Waals surface area (Å²) in [4.78, 5) is 8.14. The topological polar surface area (TPSA) is 50.2 Å². The molecule has 78 valence electrons. The van der Waals surface area contributed by atoms with Gasteiger partial charge in [-0.1, -0.05) is 0 Å². The normalized spacial score (nSPS) is 31.1. The Balaban J connectivity index is 1.67. The number of fused-ring (bicyclic) bond motifs is 2. The van der Waals surface area contributed by atoms with Crippen molar-refractivity contribution in [2.45, 2.75) is 25.7 Å². The Morgan fingerprint density at radius 3 is 2.73 bits per heavy atom. The number of aromatic nitrogens is 2. The van der Waals surface area contributed by atoms with E-state index in [4.69, 9.17) is 0 Å². The van der Waals surface area contributed by atoms with E-state index in [1.54, 1.807) is 18.5 Å². The molecule has 1 aromatic rings. The summed E-state index contributed by atoms with van der Waals surface area (Å²) < 4.78 is 0. The lowest BCUT2D eigenvalue weighted by Gasteiger charge is -2.41. The molecule has 3 aliphatic carbocycles. The Morgan fingerprint density at radius 1 is 1.27 bits per heavy atom. The molecule has 0 aromatic carbocycles. The molecule has 0 saturated heterocycles. The molecule has 4 rings (SSSR count). The van der Waals surface area contributed by atoms with Crippen LogP contribution in [0.2, 0.25) is 0 Å². The van der Waals surface area contributed by atoms with Crippen LogP contribution in [0.15, 0.2) is 23.6 Å². The number of anilines is 1. The van der Waals surface area contributed by atoms with Gasteiger partial charge in [0.2, 0.25) is 5.95 Å². The van der Waals surface area contributed by atoms with Crippen LogP contribution in [0.25, 0.3) is 0 Å². The average Bonchev–Trinajstić information content (AvgIpc) is 2.27. The molecule has 1 aromatic heterocycles. The number of hydrogen-bond donors (Lipinski definition) is 1. The van der Waals surface area contributed by atoms with Gasteiger partial charge >= 0.3 is 0 Å². The van der Waals surface area contributed by atoms with Gasteiger partial charge in [-0.05, 0) is 43.6 Å². The van der Waals surface area contributed by atoms with E-state index in [9.17, 15) is 0 Å². The van der Waals surface area contributed by atoms with E-state index in [1.165, 1.54) is 25.0 Å². The summed E-state index contributed by atoms with van der Waals surface area (Å²) in [5.74, 6) is 2.31. The van der Waals surface area contributed by atoms with Crippen molar-refractivity contribution in [3.63, 3.8) is 0 Å². The third-order valence-electron chi connectivity index (χ3n) is 3.38. The highest BCUT2D eigenvalue weighted by Crippen LogP contribution is 2.43. The van der Waals surface area contributed by atoms with Gasteiger partial charge in [0.05, 0.1) is 0 Å². The number of nitrogens with one attached hydrogen (secondary N) is 1. The zero-order valence-corrected chi connectivity index (χ0v) is 8.56. The minimum Gasteiger partial charge on any atom is -0.245 e. The first-order chi connectivity index (χ1) is 7.42. The van der Waals surface area contributed by atoms with Gasteiger partial charge in [-0.25, -0.2) is 15.4 Å². The molecule has 4 nitrogen and oxygen atoms in total. The fourth-order valence-electron chi connectivity index (χ4n) is 2.43. The highest BCUT2D eigenvalue weighted by atomic mass is 15.4. The summed E-state index contributed by atoms with van der Waals surface area (Å²) in [5.41, 5.74) is 4.25. The van der Waals surface area contributed by atoms with E-state index < -0.39 is 0 Å². The van der Waals surface area contributed by atoms with Gasteiger partial charge in [0.15, 0.2) is 0 Å². The lowest BCUT2D eigenvalue weighted by Crippen LogP contribution is -2.36. The minimum absolute atomic E-state index is 0.589. The first-order valence-corrected chi connectivity index (χ1v) is 5.51. The summed E-state index contributed by atoms with van der Waals surface area (Å²) >= 11 is 0. The molecule has 0 aliphatic heterocycles. The van der Waals surface area contributed by atoms with Crippen LogP contribution >= 0.6 is 0 Å². The molecule has 3 fully saturated rings. The van der Waals surface area contributed by atoms with Crippen molar-refractivity contribution >= 4 is 11.7 Å². The molecular weight excluding hydrogens is 188 g/mol. The van der Waals surface area contributed by atoms with Crippen LogP contribution in [-0.2, 0) is 0 Å². The zero-order chi connectivity index (χ0) is 10.1. The molecule has 0 radical (unpaired) electrons. The smallest absolute Gasteiger partial charge is 0.243 e. The van der Waals surface area contributed by atoms with Crippen LogP contribution in [0, 0.1) is 11.8 Å². The summed E-state index contributed by atoms with van der Waals surface area (Å²) in [6.45, 7) is 0. The van der Waals surface area contributed by atoms with Crippen LogP contribution in [0.1, 0.15) is 25.7 Å². The fraction of sp³-hybridized carbons (Fsp3) is 0.545. The standard InChI is InChI=1S/C11H14N4/c1-4-12-11(13-5-1)15-14-10-3-2-8-6-9(10)7-8/h1,4-5,8-9H,2-3,6-7H2,(H,12,13,15)/b14-10+. The monoisotopic (exact) mass is 202 g/mol. The van der Waals surface area contributed by atoms with Crippen LogP contribution < -0.4 is 5.43 Å². The Morgan fingerprint density at radius 2 is 2.07 bits per heavy atom. The lowest BCUT2D eigenvalue weighted by atomic mass is 9.64. The molecular formula is C11H14N4. The predicted molar refractivity (Wildman–Crippen MR) is 58.5 cm³/mol. The van der Waals surface area contributed by atoms with Crippen molar-refractivity contribution in [2.75, 3.05) is 5.43 Å². The Hall–Kier alpha value is -1.45. The molecule has 0 atom stereocenters. The van der Waals surface area contributed by atoms with E-state index in [1.807, 2.05) is 0 Å². The van der Waals surface area contributed by atoms with E-state index in [-0.39, 0.29) is 0 Å². The number of hydrazone groups is 1. The van der Waals surface area contributed by atoms with Gasteiger partial charge in [0.1, 0.15) is 0 Å². The molecule has 2 bridgehead atoms. The maximum atomic E-state index is 4.41. The largest absolute Gasteiger partial charge is 0.245 e. The first kappa shape index (κ1) is 8.83. The van der Waals surface area contributed by atoms with Gasteiger partial charge in [-0.2, -0.15) is 5.10 Å². The van der Waals surface area contributed by atoms with Gasteiger partial charge in [0.25, 0.3) is 0 Å². The summed E-state index contributed by atoms with van der Waals surface area (Å²) in [5, 5.41) is 4.41. The highest BCUT2D eigenvalue weighted by molar-refractivity contribution is 5.89. The predicted octanol–water partition coefficient (Wildman–Crippen LogP) is 2.06. The van der Waals surface area contributed by atoms with E-state index in [2.05, 4.69) is 20.5 Å². The molecule has 0 amide bonds. The molecule has 0 spiro atoms. The van der Waals surface area contributed by atoms with Crippen molar-refractivity contribution in [1.82, 2.24) is 9.97 Å². The second kappa shape index (κ2) is 3.61. The average molecular weight is 202 g/mol. The number of nitrogens with zero attached hydrogens (tertiary/aromatic N) is 3. The molecule has 15 heavy (non-hydrogen) atoms. The van der Waals surface area contributed by atoms with Crippen LogP contribution in [0.4, 0.5) is 5.95 Å². The van der Waals surface area contributed by atoms with Gasteiger partial charge in [-0.15, -0.1) is 0 Å². The lowest BCUT2D eigenvalue weighted by molar-refractivity contribution is 0.214. The number of hydrogen-bond acceptors (Lipinski definition) is 4. The maximum Gasteiger partial charge on any atom is 0.243 e. The van der Waals surface area contributed by atoms with Crippen molar-refractivity contribution in [2.24, 2.45) is 16.9 Å². The van der Waals surface area contributed by atoms with E-state index in [0.29, 0.717) is 5.95 Å². The summed E-state index contributed by atoms with van der Waals surface area (Å²) in [6, 6.07) is 1.80. The van der Waals surface area contributed by atoms with E-state index in [0.717, 1.165) is 18.3 Å². The minimum atomic E-state index is 0.589. The summed E-state index contributed by atoms with van der Waals surface area (Å²) in [7, 11) is 0. The van der Waals surface area contributed by atoms with Crippen LogP contribution in [0.3, 0.4) is 0 Å². The van der Waals surface area contributed by atoms with Crippen molar-refractivity contribution in [3.8, 4) is 0 Å². The third kappa shape index (κ3) is 1.71. The second-order valence-electron chi connectivity index (χ2n) is 4.36. The van der Waals surface area contributed by atoms with Gasteiger partial charge < -0.3 is 0 Å². The molecule has 4 heteroatoms. The fourth-order valence-corrected chi connectivity index (χ4v) is 2.43. The Labute approximate surface area is 88.8 Å². The molecule has 1 heterocycles. The SMILES string of the molecule is c1cnc(N/N=C2\CCC3CC2C3)nc1. The third-order valence-corrected chi connectivity index (χ3v) is 3.38. The highest BCUT2D eigenvalue weighted by Gasteiger charge is 2.37. The Bertz CT molecular complexity index is 365. The van der Waals surface area contributed by atoms with E-state index >= 15 is 0 Å². The van der Waals surface area contributed by atoms with Crippen molar-refractivity contribution < 1.29 is 0 Å². The maximum absolute atomic E-state index is 4.41. The van der Waals surface area contributed by atoms with Gasteiger partial charge in [0, 0.05) is 18.1 Å². The van der Waals surface area contributed by atoms with Crippen molar-refractivity contribution in [3.05, 3.63) is 18.5 Å². The Kier molecular flexibility index (Phi) is 2.12. The van der Waals surface area contributed by atoms with Crippen LogP contribution in [0.5, 0.6) is 0 Å². The quantitative estimate of drug-likeness (QED) is 0.747. The zero-order valence-electron chi connectivity index (χ0n) is 8.56. The molecule has 1 N–H and O–H groups in total. The summed E-state index contributed by atoms with van der Waals surface area (Å²) in [6.07, 6.45) is 8.58.